The number of phosphoric acid groups is 2. The van der Waals surface area contributed by atoms with Gasteiger partial charge in [0.1, 0.15) is 25.9 Å². The van der Waals surface area contributed by atoms with Crippen LogP contribution in [0.2, 0.25) is 0 Å². The van der Waals surface area contributed by atoms with E-state index in [0.717, 1.165) is 0 Å². The topological polar surface area (TPSA) is 191 Å². The van der Waals surface area contributed by atoms with Crippen molar-refractivity contribution in [1.29, 1.82) is 0 Å². The fraction of sp³-hybridized carbons (Fsp3) is 0.833. The minimum absolute atomic E-state index is 0.993. The molecule has 19 heavy (non-hydrogen) atoms. The molecule has 0 aromatic heterocycles. The molecule has 114 valence electrons. The molecule has 6 N–H and O–H groups in total. The first-order valence-electron chi connectivity index (χ1n) is 5.12. The smallest absolute Gasteiger partial charge is 0.394 e. The molecule has 0 aliphatic heterocycles. The Hall–Kier alpha value is -0.190. The molecule has 0 amide bonds. The zero-order chi connectivity index (χ0) is 16.1. The Morgan fingerprint density at radius 2 is 1.79 bits per heavy atom. The van der Waals surface area contributed by atoms with Crippen LogP contribution in [0.3, 0.4) is 0 Å². The second-order valence-corrected chi connectivity index (χ2v) is 6.06. The van der Waals surface area contributed by atoms with Crippen LogP contribution in [0.4, 0.5) is 0 Å². The average molecular weight is 325 g/mol. The zero-order valence-corrected chi connectivity index (χ0v) is 11.1. The summed E-state index contributed by atoms with van der Waals surface area (Å²) in [5.41, 5.74) is 0. The highest BCUT2D eigenvalue weighted by Crippen LogP contribution is 2.58. The Bertz CT molecular complexity index is 421. The molecule has 0 heterocycles. The van der Waals surface area contributed by atoms with Gasteiger partial charge in [-0.2, -0.15) is 4.31 Å². The molecule has 0 saturated carbocycles. The van der Waals surface area contributed by atoms with Crippen molar-refractivity contribution >= 4 is 21.9 Å². The number of hydrogen-bond donors (Lipinski definition) is 6. The number of carbonyl (C=O) groups excluding carboxylic acids is 1. The van der Waals surface area contributed by atoms with Gasteiger partial charge in [-0.05, 0) is 0 Å². The van der Waals surface area contributed by atoms with Gasteiger partial charge < -0.3 is 34.8 Å². The van der Waals surface area contributed by atoms with Crippen LogP contribution in [0.15, 0.2) is 0 Å². The normalized spacial score (nSPS) is 21.1. The predicted octanol–water partition coefficient (Wildman–Crippen LogP) is -2.12. The molecular weight excluding hydrogens is 310 g/mol. The lowest BCUT2D eigenvalue weighted by Gasteiger charge is -2.25. The van der Waals surface area contributed by atoms with E-state index in [1.807, 2.05) is 0 Å². The van der Waals surface area contributed by atoms with E-state index in [4.69, 9.17) is 26.3 Å². The van der Waals surface area contributed by atoms with E-state index in [1.165, 1.54) is 0 Å². The van der Waals surface area contributed by atoms with Crippen molar-refractivity contribution in [3.05, 3.63) is 0 Å². The van der Waals surface area contributed by atoms with E-state index in [9.17, 15) is 19.0 Å². The maximum atomic E-state index is 11.2. The first-order valence-corrected chi connectivity index (χ1v) is 7.65. The first kappa shape index (κ1) is 16.9. The lowest BCUT2D eigenvalue weighted by atomic mass is 10.1. The summed E-state index contributed by atoms with van der Waals surface area (Å²) in [6, 6.07) is 0. The Labute approximate surface area is 108 Å². The van der Waals surface area contributed by atoms with Gasteiger partial charge in [0, 0.05) is 6.42 Å². The Balaban J connectivity index is 5.02. The van der Waals surface area contributed by atoms with Crippen LogP contribution in [0.1, 0.15) is 7.79 Å². The number of hydrogen-bond acceptors (Lipinski definition) is 8. The molecule has 0 fully saturated rings. The Morgan fingerprint density at radius 3 is 2.16 bits per heavy atom. The van der Waals surface area contributed by atoms with E-state index in [2.05, 4.69) is 8.83 Å². The van der Waals surface area contributed by atoms with Crippen molar-refractivity contribution in [2.45, 2.75) is 24.7 Å². The van der Waals surface area contributed by atoms with Gasteiger partial charge in [0.25, 0.3) is 0 Å². The highest BCUT2D eigenvalue weighted by molar-refractivity contribution is 7.60. The molecule has 0 rings (SSSR count). The number of rotatable bonds is 9. The maximum Gasteiger partial charge on any atom is 0.481 e. The molecule has 11 nitrogen and oxygen atoms in total. The largest absolute Gasteiger partial charge is 0.481 e. The lowest BCUT2D eigenvalue weighted by Crippen LogP contribution is -2.40. The number of aliphatic hydroxyl groups is 3. The SMILES string of the molecule is [2H]C(=O)C[C@@H](OP(=O)(O)OP(=O)(O)O)[C@H](O)[C@H](O)CO. The third-order valence-corrected chi connectivity index (χ3v) is 3.94. The van der Waals surface area contributed by atoms with Crippen molar-refractivity contribution in [3.8, 4) is 0 Å². The van der Waals surface area contributed by atoms with Crippen LogP contribution in [-0.2, 0) is 22.8 Å². The van der Waals surface area contributed by atoms with Crippen LogP contribution >= 0.6 is 15.6 Å². The quantitative estimate of drug-likeness (QED) is 0.201. The van der Waals surface area contributed by atoms with E-state index < -0.39 is 53.2 Å². The second-order valence-electron chi connectivity index (χ2n) is 3.27. The summed E-state index contributed by atoms with van der Waals surface area (Å²) >= 11 is 0. The van der Waals surface area contributed by atoms with Crippen LogP contribution in [0.5, 0.6) is 0 Å². The monoisotopic (exact) mass is 325 g/mol. The molecule has 0 aliphatic rings. The van der Waals surface area contributed by atoms with Gasteiger partial charge in [-0.15, -0.1) is 0 Å². The van der Waals surface area contributed by atoms with Crippen molar-refractivity contribution < 1.29 is 54.1 Å². The standard InChI is InChI=1S/C6H14O11P2/c7-2-1-5(6(10)4(9)3-8)16-19(14,15)17-18(11,12)13/h2,4-6,8-10H,1,3H2,(H,14,15)(H2,11,12,13)/t4-,5-,6-/m1/s1/i2D. The second kappa shape index (κ2) is 7.55. The first-order chi connectivity index (χ1) is 8.88. The summed E-state index contributed by atoms with van der Waals surface area (Å²) in [6.07, 6.45) is -8.31. The van der Waals surface area contributed by atoms with Gasteiger partial charge in [0.2, 0.25) is 0 Å². The predicted molar refractivity (Wildman–Crippen MR) is 57.6 cm³/mol. The van der Waals surface area contributed by atoms with Gasteiger partial charge in [0.05, 0.1) is 6.61 Å². The van der Waals surface area contributed by atoms with E-state index in [0.29, 0.717) is 0 Å². The average Bonchev–Trinajstić information content (AvgIpc) is 2.21. The summed E-state index contributed by atoms with van der Waals surface area (Å²) in [5, 5.41) is 27.1. The van der Waals surface area contributed by atoms with Crippen LogP contribution in [0.25, 0.3) is 0 Å². The molecule has 0 radical (unpaired) electrons. The fourth-order valence-electron chi connectivity index (χ4n) is 0.983. The molecule has 0 aliphatic carbocycles. The van der Waals surface area contributed by atoms with Gasteiger partial charge >= 0.3 is 15.6 Å². The van der Waals surface area contributed by atoms with E-state index >= 15 is 0 Å². The van der Waals surface area contributed by atoms with Gasteiger partial charge in [-0.25, -0.2) is 9.13 Å². The number of aliphatic hydroxyl groups excluding tert-OH is 3. The van der Waals surface area contributed by atoms with Crippen LogP contribution in [-0.4, -0.2) is 61.2 Å². The third kappa shape index (κ3) is 7.85. The summed E-state index contributed by atoms with van der Waals surface area (Å²) in [7, 11) is -10.8. The number of carbonyl (C=O) groups is 1. The Kier molecular flexibility index (Phi) is 6.71. The number of phosphoric ester groups is 1. The summed E-state index contributed by atoms with van der Waals surface area (Å²) in [5.74, 6) is 0. The molecule has 13 heteroatoms. The van der Waals surface area contributed by atoms with Gasteiger partial charge in [-0.1, -0.05) is 0 Å². The molecule has 0 aromatic rings. The van der Waals surface area contributed by atoms with E-state index in [1.54, 1.807) is 0 Å². The summed E-state index contributed by atoms with van der Waals surface area (Å²) in [4.78, 5) is 36.4. The van der Waals surface area contributed by atoms with Crippen molar-refractivity contribution in [3.63, 3.8) is 0 Å². The number of aldehydes is 1. The summed E-state index contributed by atoms with van der Waals surface area (Å²) in [6.45, 7) is -0.998. The minimum atomic E-state index is -5.40. The fourth-order valence-corrected chi connectivity index (χ4v) is 2.75. The van der Waals surface area contributed by atoms with Gasteiger partial charge in [-0.3, -0.25) is 4.52 Å². The van der Waals surface area contributed by atoms with E-state index in [-0.39, 0.29) is 0 Å². The molecular formula is C6H14O11P2. The van der Waals surface area contributed by atoms with Crippen molar-refractivity contribution in [1.82, 2.24) is 0 Å². The van der Waals surface area contributed by atoms with Crippen LogP contribution in [0, 0.1) is 0 Å². The summed E-state index contributed by atoms with van der Waals surface area (Å²) < 4.78 is 35.9. The van der Waals surface area contributed by atoms with Crippen molar-refractivity contribution in [2.24, 2.45) is 0 Å². The zero-order valence-electron chi connectivity index (χ0n) is 10.3. The molecule has 4 atom stereocenters. The van der Waals surface area contributed by atoms with Crippen LogP contribution < -0.4 is 0 Å². The van der Waals surface area contributed by atoms with Gasteiger partial charge in [0.15, 0.2) is 0 Å². The molecule has 0 aromatic carbocycles. The van der Waals surface area contributed by atoms with Crippen molar-refractivity contribution in [2.75, 3.05) is 6.61 Å². The Morgan fingerprint density at radius 1 is 1.26 bits per heavy atom. The molecule has 1 unspecified atom stereocenters. The third-order valence-electron chi connectivity index (χ3n) is 1.72. The highest BCUT2D eigenvalue weighted by Gasteiger charge is 2.38. The highest BCUT2D eigenvalue weighted by atomic mass is 31.3. The lowest BCUT2D eigenvalue weighted by molar-refractivity contribution is -0.114. The minimum Gasteiger partial charge on any atom is -0.394 e. The molecule has 0 bridgehead atoms. The molecule has 0 saturated heterocycles. The maximum absolute atomic E-state index is 11.2. The molecule has 0 spiro atoms.